The van der Waals surface area contributed by atoms with Crippen molar-refractivity contribution in [3.63, 3.8) is 0 Å². The monoisotopic (exact) mass is 646 g/mol. The molecule has 0 atom stereocenters. The van der Waals surface area contributed by atoms with Gasteiger partial charge in [0.1, 0.15) is 11.4 Å². The minimum Gasteiger partial charge on any atom is -0.480 e. The van der Waals surface area contributed by atoms with Crippen LogP contribution in [0, 0.1) is 14.1 Å². The maximum atomic E-state index is 12.8. The summed E-state index contributed by atoms with van der Waals surface area (Å²) < 4.78 is 12.0. The van der Waals surface area contributed by atoms with Crippen LogP contribution in [0.2, 0.25) is 0 Å². The van der Waals surface area contributed by atoms with Crippen molar-refractivity contribution in [1.82, 2.24) is 10.2 Å². The van der Waals surface area contributed by atoms with Crippen LogP contribution in [-0.4, -0.2) is 36.0 Å². The van der Waals surface area contributed by atoms with Crippen LogP contribution < -0.4 is 10.1 Å². The zero-order valence-electron chi connectivity index (χ0n) is 16.9. The summed E-state index contributed by atoms with van der Waals surface area (Å²) >= 11 is 4.21. The fraction of sp³-hybridized carbons (Fsp3) is 0.227. The largest absolute Gasteiger partial charge is 0.480 e. The summed E-state index contributed by atoms with van der Waals surface area (Å²) in [6.07, 6.45) is 1.63. The van der Waals surface area contributed by atoms with E-state index in [2.05, 4.69) is 50.5 Å². The molecule has 2 aromatic rings. The van der Waals surface area contributed by atoms with Gasteiger partial charge in [-0.15, -0.1) is 0 Å². The molecule has 31 heavy (non-hydrogen) atoms. The van der Waals surface area contributed by atoms with Gasteiger partial charge in [0.2, 0.25) is 0 Å². The smallest absolute Gasteiger partial charge is 0.344 e. The van der Waals surface area contributed by atoms with Crippen molar-refractivity contribution in [2.24, 2.45) is 0 Å². The number of hydrogen-bond donors (Lipinski definition) is 1. The van der Waals surface area contributed by atoms with Crippen LogP contribution in [0.1, 0.15) is 23.6 Å². The summed E-state index contributed by atoms with van der Waals surface area (Å²) in [5, 5.41) is 2.64. The number of carbonyl (C=O) groups excluding carboxylic acids is 3. The van der Waals surface area contributed by atoms with E-state index in [0.29, 0.717) is 12.4 Å². The number of esters is 1. The average molecular weight is 646 g/mol. The highest BCUT2D eigenvalue weighted by Crippen LogP contribution is 2.30. The first kappa shape index (κ1) is 23.5. The molecular formula is C22H20I2N2O5. The van der Waals surface area contributed by atoms with E-state index in [9.17, 15) is 14.4 Å². The summed E-state index contributed by atoms with van der Waals surface area (Å²) in [4.78, 5) is 37.8. The van der Waals surface area contributed by atoms with Crippen LogP contribution in [0.3, 0.4) is 0 Å². The number of amides is 3. The lowest BCUT2D eigenvalue weighted by molar-refractivity contribution is -0.145. The number of rotatable bonds is 7. The van der Waals surface area contributed by atoms with Gasteiger partial charge in [-0.25, -0.2) is 9.59 Å². The minimum atomic E-state index is -0.449. The van der Waals surface area contributed by atoms with E-state index in [1.54, 1.807) is 13.0 Å². The molecule has 0 aliphatic carbocycles. The van der Waals surface area contributed by atoms with Crippen molar-refractivity contribution in [3.05, 3.63) is 65.9 Å². The molecule has 162 valence electrons. The number of benzene rings is 2. The highest BCUT2D eigenvalue weighted by atomic mass is 127. The third-order valence-corrected chi connectivity index (χ3v) is 6.00. The first-order chi connectivity index (χ1) is 14.8. The highest BCUT2D eigenvalue weighted by molar-refractivity contribution is 14.1. The Kier molecular flexibility index (Phi) is 7.92. The van der Waals surface area contributed by atoms with Gasteiger partial charge in [-0.05, 0) is 88.4 Å². The summed E-state index contributed by atoms with van der Waals surface area (Å²) in [6.45, 7) is 4.04. The molecule has 0 unspecified atom stereocenters. The van der Waals surface area contributed by atoms with Gasteiger partial charge in [-0.1, -0.05) is 29.8 Å². The molecule has 0 bridgehead atoms. The molecule has 0 radical (unpaired) electrons. The normalized spacial score (nSPS) is 14.7. The topological polar surface area (TPSA) is 84.9 Å². The molecule has 1 aliphatic rings. The molecule has 1 heterocycles. The Hall–Kier alpha value is -2.15. The second-order valence-corrected chi connectivity index (χ2v) is 9.10. The maximum Gasteiger partial charge on any atom is 0.344 e. The molecule has 0 aromatic heterocycles. The number of halogens is 2. The van der Waals surface area contributed by atoms with Crippen molar-refractivity contribution < 1.29 is 23.9 Å². The predicted octanol–water partition coefficient (Wildman–Crippen LogP) is 4.24. The Morgan fingerprint density at radius 3 is 2.39 bits per heavy atom. The quantitative estimate of drug-likeness (QED) is 0.211. The molecule has 0 saturated carbocycles. The highest BCUT2D eigenvalue weighted by Gasteiger charge is 2.33. The lowest BCUT2D eigenvalue weighted by Crippen LogP contribution is -2.30. The first-order valence-corrected chi connectivity index (χ1v) is 11.6. The van der Waals surface area contributed by atoms with E-state index in [4.69, 9.17) is 9.47 Å². The molecule has 0 spiro atoms. The van der Waals surface area contributed by atoms with E-state index in [0.717, 1.165) is 23.8 Å². The molecule has 9 heteroatoms. The van der Waals surface area contributed by atoms with Crippen molar-refractivity contribution in [1.29, 1.82) is 0 Å². The lowest BCUT2D eigenvalue weighted by Gasteiger charge is -2.12. The van der Waals surface area contributed by atoms with Crippen molar-refractivity contribution >= 4 is 69.2 Å². The van der Waals surface area contributed by atoms with E-state index in [1.165, 1.54) is 4.90 Å². The number of nitrogens with zero attached hydrogens (tertiary/aromatic N) is 1. The van der Waals surface area contributed by atoms with Crippen LogP contribution >= 0.6 is 45.2 Å². The summed E-state index contributed by atoms with van der Waals surface area (Å²) in [7, 11) is 0. The molecule has 1 N–H and O–H groups in total. The van der Waals surface area contributed by atoms with Crippen molar-refractivity contribution in [2.45, 2.75) is 20.4 Å². The Balaban J connectivity index is 1.75. The Morgan fingerprint density at radius 2 is 1.77 bits per heavy atom. The van der Waals surface area contributed by atoms with Gasteiger partial charge >= 0.3 is 12.0 Å². The average Bonchev–Trinajstić information content (AvgIpc) is 2.96. The van der Waals surface area contributed by atoms with Crippen LogP contribution in [0.25, 0.3) is 6.08 Å². The summed E-state index contributed by atoms with van der Waals surface area (Å²) in [5.74, 6) is -0.245. The standard InChI is InChI=1S/C22H20I2N2O5/c1-3-30-19(27)12-31-20-16(23)8-15(9-17(20)24)10-18-21(28)26(22(29)25-18)11-14-6-4-13(2)5-7-14/h4-10H,3,11-12H2,1-2H3,(H,25,29)/b18-10+. The lowest BCUT2D eigenvalue weighted by atomic mass is 10.1. The molecule has 1 aliphatic heterocycles. The van der Waals surface area contributed by atoms with Gasteiger partial charge in [-0.2, -0.15) is 0 Å². The second kappa shape index (κ2) is 10.4. The zero-order chi connectivity index (χ0) is 22.5. The number of nitrogens with one attached hydrogen (secondary N) is 1. The fourth-order valence-electron chi connectivity index (χ4n) is 2.89. The number of hydrogen-bond acceptors (Lipinski definition) is 5. The van der Waals surface area contributed by atoms with Crippen molar-refractivity contribution in [3.8, 4) is 5.75 Å². The number of ether oxygens (including phenoxy) is 2. The molecule has 3 amide bonds. The molecule has 7 nitrogen and oxygen atoms in total. The van der Waals surface area contributed by atoms with Gasteiger partial charge in [0.15, 0.2) is 6.61 Å². The van der Waals surface area contributed by atoms with Crippen LogP contribution in [0.5, 0.6) is 5.75 Å². The molecular weight excluding hydrogens is 626 g/mol. The molecule has 1 fully saturated rings. The third kappa shape index (κ3) is 5.97. The SMILES string of the molecule is CCOC(=O)COc1c(I)cc(/C=C2/NC(=O)N(Cc3ccc(C)cc3)C2=O)cc1I. The molecule has 1 saturated heterocycles. The van der Waals surface area contributed by atoms with Gasteiger partial charge in [0.25, 0.3) is 5.91 Å². The minimum absolute atomic E-state index is 0.178. The van der Waals surface area contributed by atoms with Gasteiger partial charge in [0.05, 0.1) is 20.3 Å². The maximum absolute atomic E-state index is 12.8. The summed E-state index contributed by atoms with van der Waals surface area (Å²) in [6, 6.07) is 10.9. The summed E-state index contributed by atoms with van der Waals surface area (Å²) in [5.41, 5.74) is 2.94. The van der Waals surface area contributed by atoms with Gasteiger partial charge in [-0.3, -0.25) is 9.69 Å². The first-order valence-electron chi connectivity index (χ1n) is 9.46. The van der Waals surface area contributed by atoms with E-state index >= 15 is 0 Å². The van der Waals surface area contributed by atoms with Gasteiger partial charge < -0.3 is 14.8 Å². The van der Waals surface area contributed by atoms with Crippen LogP contribution in [0.15, 0.2) is 42.1 Å². The third-order valence-electron chi connectivity index (χ3n) is 4.39. The van der Waals surface area contributed by atoms with E-state index in [-0.39, 0.29) is 24.8 Å². The van der Waals surface area contributed by atoms with Crippen molar-refractivity contribution in [2.75, 3.05) is 13.2 Å². The van der Waals surface area contributed by atoms with E-state index < -0.39 is 12.0 Å². The second-order valence-electron chi connectivity index (χ2n) is 6.77. The number of imide groups is 1. The fourth-order valence-corrected chi connectivity index (χ4v) is 5.02. The number of carbonyl (C=O) groups is 3. The Labute approximate surface area is 207 Å². The van der Waals surface area contributed by atoms with Gasteiger partial charge in [0, 0.05) is 0 Å². The van der Waals surface area contributed by atoms with Crippen LogP contribution in [-0.2, 0) is 20.9 Å². The van der Waals surface area contributed by atoms with E-state index in [1.807, 2.05) is 43.3 Å². The zero-order valence-corrected chi connectivity index (χ0v) is 21.2. The molecule has 3 rings (SSSR count). The Bertz CT molecular complexity index is 1030. The predicted molar refractivity (Wildman–Crippen MR) is 132 cm³/mol. The molecule has 2 aromatic carbocycles. The van der Waals surface area contributed by atoms with Crippen LogP contribution in [0.4, 0.5) is 4.79 Å². The number of urea groups is 1. The Morgan fingerprint density at radius 1 is 1.13 bits per heavy atom. The number of aryl methyl sites for hydroxylation is 1.